The van der Waals surface area contributed by atoms with Crippen molar-refractivity contribution in [3.63, 3.8) is 0 Å². The molecule has 1 saturated heterocycles. The van der Waals surface area contributed by atoms with Gasteiger partial charge in [0.2, 0.25) is 0 Å². The molecular weight excluding hydrogens is 341 g/mol. The third-order valence-electron chi connectivity index (χ3n) is 5.38. The third kappa shape index (κ3) is 2.21. The Bertz CT molecular complexity index is 934. The Hall–Kier alpha value is -2.90. The molecule has 26 heavy (non-hydrogen) atoms. The molecule has 0 spiro atoms. The normalized spacial score (nSPS) is 29.2. The lowest BCUT2D eigenvalue weighted by molar-refractivity contribution is -0.126. The summed E-state index contributed by atoms with van der Waals surface area (Å²) in [4.78, 5) is 27.5. The van der Waals surface area contributed by atoms with E-state index >= 15 is 0 Å². The largest absolute Gasteiger partial charge is 0.496 e. The number of carbonyl (C=O) groups is 2. The van der Waals surface area contributed by atoms with Crippen molar-refractivity contribution in [1.82, 2.24) is 10.3 Å². The number of nitrogens with two attached hydrogens (primary N) is 1. The zero-order valence-corrected chi connectivity index (χ0v) is 14.3. The Kier molecular flexibility index (Phi) is 3.54. The first-order chi connectivity index (χ1) is 12.4. The highest BCUT2D eigenvalue weighted by Gasteiger charge is 2.75. The maximum absolute atomic E-state index is 14.4. The van der Waals surface area contributed by atoms with Crippen LogP contribution in [0.2, 0.25) is 0 Å². The number of methoxy groups -OCH3 is 1. The number of nitrogens with one attached hydrogen (secondary N) is 1. The molecule has 3 N–H and O–H groups in total. The molecule has 1 aliphatic heterocycles. The van der Waals surface area contributed by atoms with Gasteiger partial charge in [0.15, 0.2) is 5.67 Å². The summed E-state index contributed by atoms with van der Waals surface area (Å²) in [6, 6.07) is 4.46. The van der Waals surface area contributed by atoms with Crippen LogP contribution >= 0.6 is 0 Å². The van der Waals surface area contributed by atoms with Gasteiger partial charge in [-0.15, -0.1) is 0 Å². The fourth-order valence-electron chi connectivity index (χ4n) is 3.88. The average Bonchev–Trinajstić information content (AvgIpc) is 3.07. The number of alkyl halides is 1. The highest BCUT2D eigenvalue weighted by molar-refractivity contribution is 6.01. The lowest BCUT2D eigenvalue weighted by Crippen LogP contribution is -2.38. The number of fused-ring (bicyclic) bond motifs is 2. The van der Waals surface area contributed by atoms with E-state index in [0.29, 0.717) is 22.4 Å². The smallest absolute Gasteiger partial charge is 0.258 e. The summed E-state index contributed by atoms with van der Waals surface area (Å²) in [5.74, 6) is -1.02. The number of carbonyl (C=O) groups excluding carboxylic acids is 2. The van der Waals surface area contributed by atoms with E-state index in [0.717, 1.165) is 0 Å². The molecule has 0 radical (unpaired) electrons. The number of hydrogen-bond acceptors (Lipinski definition) is 5. The van der Waals surface area contributed by atoms with Crippen molar-refractivity contribution in [2.45, 2.75) is 18.6 Å². The Balaban J connectivity index is 1.61. The van der Waals surface area contributed by atoms with E-state index in [1.54, 1.807) is 25.3 Å². The molecule has 4 rings (SSSR count). The van der Waals surface area contributed by atoms with E-state index in [9.17, 15) is 14.0 Å². The quantitative estimate of drug-likeness (QED) is 0.835. The second-order valence-electron chi connectivity index (χ2n) is 6.72. The van der Waals surface area contributed by atoms with Crippen LogP contribution in [0.4, 0.5) is 4.39 Å². The van der Waals surface area contributed by atoms with Gasteiger partial charge in [-0.2, -0.15) is 0 Å². The standard InChI is InChI=1S/C18H18FN3O4/c1-8-15-12(22-17(24)18(8,15)19)7-26-13-3-4-21-11-5-10(16(20)23)14(25-2)6-9(11)13/h3-6,8,12,15H,7H2,1-2H3,(H2,20,23)(H,22,24)/t8-,12+,15+,18-/m0/s1. The van der Waals surface area contributed by atoms with E-state index in [1.165, 1.54) is 13.2 Å². The van der Waals surface area contributed by atoms with Crippen LogP contribution in [-0.4, -0.2) is 42.2 Å². The SMILES string of the molecule is COc1cc2c(OC[C@H]3NC(=O)[C@@]4(F)[C@@H]3[C@@H]4C)ccnc2cc1C(N)=O. The Morgan fingerprint density at radius 2 is 2.19 bits per heavy atom. The molecule has 1 aromatic heterocycles. The molecule has 1 saturated carbocycles. The number of benzene rings is 1. The summed E-state index contributed by atoms with van der Waals surface area (Å²) in [7, 11) is 1.44. The minimum Gasteiger partial charge on any atom is -0.496 e. The molecule has 8 heteroatoms. The summed E-state index contributed by atoms with van der Waals surface area (Å²) in [6.45, 7) is 1.87. The van der Waals surface area contributed by atoms with Crippen molar-refractivity contribution in [2.24, 2.45) is 17.6 Å². The molecule has 4 atom stereocenters. The molecule has 1 aliphatic carbocycles. The second kappa shape index (κ2) is 5.55. The van der Waals surface area contributed by atoms with Gasteiger partial charge < -0.3 is 20.5 Å². The van der Waals surface area contributed by atoms with Crippen LogP contribution < -0.4 is 20.5 Å². The molecule has 2 aliphatic rings. The molecule has 2 aromatic rings. The molecule has 0 unspecified atom stereocenters. The van der Waals surface area contributed by atoms with Crippen LogP contribution in [0.25, 0.3) is 10.9 Å². The molecule has 1 aromatic carbocycles. The first-order valence-corrected chi connectivity index (χ1v) is 8.27. The van der Waals surface area contributed by atoms with Crippen LogP contribution in [0.1, 0.15) is 17.3 Å². The van der Waals surface area contributed by atoms with Crippen LogP contribution in [0.5, 0.6) is 11.5 Å². The van der Waals surface area contributed by atoms with Crippen molar-refractivity contribution in [2.75, 3.05) is 13.7 Å². The maximum atomic E-state index is 14.4. The van der Waals surface area contributed by atoms with E-state index in [2.05, 4.69) is 10.3 Å². The maximum Gasteiger partial charge on any atom is 0.258 e. The summed E-state index contributed by atoms with van der Waals surface area (Å²) in [5.41, 5.74) is 4.35. The Labute approximate surface area is 148 Å². The Morgan fingerprint density at radius 1 is 1.42 bits per heavy atom. The first kappa shape index (κ1) is 16.6. The molecule has 2 amide bonds. The number of ether oxygens (including phenoxy) is 2. The molecule has 136 valence electrons. The van der Waals surface area contributed by atoms with Crippen LogP contribution in [0.15, 0.2) is 24.4 Å². The monoisotopic (exact) mass is 359 g/mol. The third-order valence-corrected chi connectivity index (χ3v) is 5.38. The number of aromatic nitrogens is 1. The van der Waals surface area contributed by atoms with Gasteiger partial charge in [-0.25, -0.2) is 4.39 Å². The number of hydrogen-bond donors (Lipinski definition) is 2. The number of rotatable bonds is 5. The van der Waals surface area contributed by atoms with E-state index < -0.39 is 17.5 Å². The van der Waals surface area contributed by atoms with Crippen molar-refractivity contribution in [3.8, 4) is 11.5 Å². The number of piperidine rings is 1. The average molecular weight is 359 g/mol. The molecule has 2 fully saturated rings. The summed E-state index contributed by atoms with van der Waals surface area (Å²) < 4.78 is 25.5. The molecule has 7 nitrogen and oxygen atoms in total. The predicted octanol–water partition coefficient (Wildman–Crippen LogP) is 1.19. The van der Waals surface area contributed by atoms with E-state index in [-0.39, 0.29) is 30.0 Å². The molecule has 2 heterocycles. The van der Waals surface area contributed by atoms with Gasteiger partial charge in [-0.05, 0) is 18.2 Å². The lowest BCUT2D eigenvalue weighted by atomic mass is 10.1. The number of nitrogens with zero attached hydrogens (tertiary/aromatic N) is 1. The minimum absolute atomic E-state index is 0.144. The summed E-state index contributed by atoms with van der Waals surface area (Å²) in [5, 5.41) is 3.28. The van der Waals surface area contributed by atoms with Gasteiger partial charge in [-0.1, -0.05) is 6.92 Å². The van der Waals surface area contributed by atoms with Gasteiger partial charge in [0, 0.05) is 23.4 Å². The van der Waals surface area contributed by atoms with Gasteiger partial charge in [0.25, 0.3) is 11.8 Å². The zero-order valence-electron chi connectivity index (χ0n) is 14.3. The van der Waals surface area contributed by atoms with Crippen LogP contribution in [0.3, 0.4) is 0 Å². The van der Waals surface area contributed by atoms with Crippen molar-refractivity contribution in [1.29, 1.82) is 0 Å². The van der Waals surface area contributed by atoms with Crippen molar-refractivity contribution >= 4 is 22.7 Å². The minimum atomic E-state index is -1.76. The van der Waals surface area contributed by atoms with Gasteiger partial charge in [-0.3, -0.25) is 14.6 Å². The highest BCUT2D eigenvalue weighted by Crippen LogP contribution is 2.59. The predicted molar refractivity (Wildman–Crippen MR) is 90.7 cm³/mol. The number of halogens is 1. The Morgan fingerprint density at radius 3 is 2.81 bits per heavy atom. The zero-order chi connectivity index (χ0) is 18.6. The fraction of sp³-hybridized carbons (Fsp3) is 0.389. The number of amides is 2. The fourth-order valence-corrected chi connectivity index (χ4v) is 3.88. The van der Waals surface area contributed by atoms with Crippen molar-refractivity contribution in [3.05, 3.63) is 30.0 Å². The van der Waals surface area contributed by atoms with Crippen LogP contribution in [-0.2, 0) is 4.79 Å². The highest BCUT2D eigenvalue weighted by atomic mass is 19.1. The van der Waals surface area contributed by atoms with Gasteiger partial charge in [0.1, 0.15) is 18.1 Å². The van der Waals surface area contributed by atoms with E-state index in [1.807, 2.05) is 0 Å². The van der Waals surface area contributed by atoms with Crippen LogP contribution in [0, 0.1) is 11.8 Å². The molecular formula is C18H18FN3O4. The van der Waals surface area contributed by atoms with Gasteiger partial charge >= 0.3 is 0 Å². The summed E-state index contributed by atoms with van der Waals surface area (Å²) in [6.07, 6.45) is 1.54. The topological polar surface area (TPSA) is 104 Å². The number of primary amides is 1. The van der Waals surface area contributed by atoms with Gasteiger partial charge in [0.05, 0.1) is 24.2 Å². The van der Waals surface area contributed by atoms with Crippen molar-refractivity contribution < 1.29 is 23.5 Å². The summed E-state index contributed by atoms with van der Waals surface area (Å²) >= 11 is 0. The first-order valence-electron chi connectivity index (χ1n) is 8.27. The lowest BCUT2D eigenvalue weighted by Gasteiger charge is -2.16. The number of pyridine rings is 1. The van der Waals surface area contributed by atoms with E-state index in [4.69, 9.17) is 15.2 Å². The second-order valence-corrected chi connectivity index (χ2v) is 6.72. The molecule has 0 bridgehead atoms.